The van der Waals surface area contributed by atoms with Crippen molar-refractivity contribution in [2.45, 2.75) is 36.1 Å². The summed E-state index contributed by atoms with van der Waals surface area (Å²) in [4.78, 5) is 52.0. The fourth-order valence-electron chi connectivity index (χ4n) is 4.33. The van der Waals surface area contributed by atoms with Crippen molar-refractivity contribution in [3.05, 3.63) is 69.7 Å². The normalized spacial score (nSPS) is 21.2. The minimum atomic E-state index is -3.92. The number of rotatable bonds is 5. The minimum absolute atomic E-state index is 0.169. The van der Waals surface area contributed by atoms with Gasteiger partial charge in [-0.1, -0.05) is 41.1 Å². The third-order valence-corrected chi connectivity index (χ3v) is 6.64. The number of fused-ring (bicyclic) bond motifs is 1. The molecule has 0 bridgehead atoms. The second-order valence-electron chi connectivity index (χ2n) is 8.87. The average Bonchev–Trinajstić information content (AvgIpc) is 3.16. The van der Waals surface area contributed by atoms with E-state index in [9.17, 15) is 28.0 Å². The van der Waals surface area contributed by atoms with Crippen LogP contribution >= 0.6 is 11.6 Å². The van der Waals surface area contributed by atoms with Crippen LogP contribution in [0.1, 0.15) is 27.0 Å². The molecular formula is C22H13B5ClF2N3O4. The highest BCUT2D eigenvalue weighted by atomic mass is 35.5. The quantitative estimate of drug-likeness (QED) is 0.439. The zero-order valence-electron chi connectivity index (χ0n) is 19.1. The van der Waals surface area contributed by atoms with Crippen molar-refractivity contribution in [2.24, 2.45) is 0 Å². The maximum atomic E-state index is 14.7. The van der Waals surface area contributed by atoms with Gasteiger partial charge in [-0.3, -0.25) is 19.2 Å². The van der Waals surface area contributed by atoms with E-state index in [1.807, 2.05) is 0 Å². The molecule has 0 N–H and O–H groups in total. The molecule has 10 radical (unpaired) electrons. The summed E-state index contributed by atoms with van der Waals surface area (Å²) in [7, 11) is 29.0. The second kappa shape index (κ2) is 9.38. The maximum absolute atomic E-state index is 14.7. The topological polar surface area (TPSA) is 78.0 Å². The van der Waals surface area contributed by atoms with Crippen molar-refractivity contribution in [2.75, 3.05) is 0 Å². The Morgan fingerprint density at radius 2 is 1.73 bits per heavy atom. The first-order valence-electron chi connectivity index (χ1n) is 10.8. The molecule has 37 heavy (non-hydrogen) atoms. The molecular weight excluding hydrogens is 498 g/mol. The number of benzene rings is 2. The Morgan fingerprint density at radius 1 is 1.11 bits per heavy atom. The smallest absolute Gasteiger partial charge is 0.348 e. The van der Waals surface area contributed by atoms with E-state index in [2.05, 4.69) is 0 Å². The number of hydrogen-bond acceptors (Lipinski definition) is 4. The van der Waals surface area contributed by atoms with E-state index in [0.717, 1.165) is 17.0 Å². The number of hydrogen-bond donors (Lipinski definition) is 0. The van der Waals surface area contributed by atoms with Crippen molar-refractivity contribution >= 4 is 74.7 Å². The Labute approximate surface area is 222 Å². The van der Waals surface area contributed by atoms with E-state index in [1.165, 1.54) is 30.3 Å². The van der Waals surface area contributed by atoms with Crippen LogP contribution in [0.2, 0.25) is 16.1 Å². The predicted octanol–water partition coefficient (Wildman–Crippen LogP) is 0.731. The van der Waals surface area contributed by atoms with Gasteiger partial charge in [-0.25, -0.2) is 0 Å². The van der Waals surface area contributed by atoms with Gasteiger partial charge in [-0.05, 0) is 35.1 Å². The highest BCUT2D eigenvalue weighted by Crippen LogP contribution is 2.45. The lowest BCUT2D eigenvalue weighted by Crippen LogP contribution is -2.63. The van der Waals surface area contributed by atoms with E-state index in [0.29, 0.717) is 15.9 Å². The average molecular weight is 511 g/mol. The zero-order valence-corrected chi connectivity index (χ0v) is 19.9. The molecule has 4 rings (SSSR count). The summed E-state index contributed by atoms with van der Waals surface area (Å²) in [6, 6.07) is 7.20. The fraction of sp³-hybridized carbons (Fsp3) is 0.273. The van der Waals surface area contributed by atoms with Gasteiger partial charge in [0.05, 0.1) is 23.5 Å². The lowest BCUT2D eigenvalue weighted by molar-refractivity contribution is -0.154. The number of nitrogens with zero attached hydrogens (tertiary/aromatic N) is 3. The fourth-order valence-corrected chi connectivity index (χ4v) is 4.45. The molecule has 2 heterocycles. The van der Waals surface area contributed by atoms with Gasteiger partial charge in [-0.2, -0.15) is 8.78 Å². The Bertz CT molecular complexity index is 1310. The van der Waals surface area contributed by atoms with Crippen molar-refractivity contribution in [3.8, 4) is 0 Å². The van der Waals surface area contributed by atoms with Crippen LogP contribution in [0.4, 0.5) is 8.78 Å². The minimum Gasteiger partial charge on any atom is -0.387 e. The second-order valence-corrected chi connectivity index (χ2v) is 9.30. The van der Waals surface area contributed by atoms with Crippen LogP contribution in [0.3, 0.4) is 0 Å². The Hall–Kier alpha value is -3.01. The molecule has 0 spiro atoms. The summed E-state index contributed by atoms with van der Waals surface area (Å²) in [5, 5.41) is -1.89. The van der Waals surface area contributed by atoms with Crippen LogP contribution in [-0.2, 0) is 33.4 Å². The zero-order chi connectivity index (χ0) is 27.4. The van der Waals surface area contributed by atoms with Crippen molar-refractivity contribution in [1.82, 2.24) is 14.5 Å². The van der Waals surface area contributed by atoms with Crippen LogP contribution in [0, 0.1) is 0 Å². The number of carbonyl (C=O) groups excluding carboxylic acids is 4. The van der Waals surface area contributed by atoms with Gasteiger partial charge in [0, 0.05) is 29.2 Å². The highest BCUT2D eigenvalue weighted by Gasteiger charge is 2.53. The van der Waals surface area contributed by atoms with Crippen LogP contribution in [0.25, 0.3) is 0 Å². The molecule has 2 aliphatic heterocycles. The largest absolute Gasteiger partial charge is 0.387 e. The maximum Gasteiger partial charge on any atom is 0.348 e. The molecule has 2 aromatic rings. The van der Waals surface area contributed by atoms with Gasteiger partial charge in [0.25, 0.3) is 11.8 Å². The van der Waals surface area contributed by atoms with Gasteiger partial charge in [-0.15, -0.1) is 0 Å². The Morgan fingerprint density at radius 3 is 2.35 bits per heavy atom. The van der Waals surface area contributed by atoms with E-state index >= 15 is 0 Å². The third-order valence-electron chi connectivity index (χ3n) is 6.39. The molecule has 2 aliphatic rings. The molecule has 0 saturated carbocycles. The van der Waals surface area contributed by atoms with Crippen LogP contribution in [0.5, 0.6) is 0 Å². The first-order chi connectivity index (χ1) is 17.2. The molecule has 0 aromatic heterocycles. The number of amides is 4. The molecule has 1 saturated heterocycles. The molecule has 7 nitrogen and oxygen atoms in total. The van der Waals surface area contributed by atoms with Crippen LogP contribution < -0.4 is 0 Å². The highest BCUT2D eigenvalue weighted by molar-refractivity contribution is 6.52. The van der Waals surface area contributed by atoms with Crippen molar-refractivity contribution in [3.63, 3.8) is 0 Å². The first kappa shape index (κ1) is 27.0. The number of alkyl halides is 2. The summed E-state index contributed by atoms with van der Waals surface area (Å²) >= 11 is 5.72. The van der Waals surface area contributed by atoms with Crippen molar-refractivity contribution < 1.29 is 28.0 Å². The number of carbonyl (C=O) groups is 4. The Kier molecular flexibility index (Phi) is 6.86. The van der Waals surface area contributed by atoms with Crippen molar-refractivity contribution in [1.29, 1.82) is 0 Å². The van der Waals surface area contributed by atoms with E-state index in [1.54, 1.807) is 0 Å². The molecule has 15 heteroatoms. The number of piperidine rings is 1. The van der Waals surface area contributed by atoms with Crippen LogP contribution in [-0.4, -0.2) is 83.7 Å². The lowest BCUT2D eigenvalue weighted by Gasteiger charge is -2.49. The van der Waals surface area contributed by atoms with E-state index < -0.39 is 58.7 Å². The van der Waals surface area contributed by atoms with Gasteiger partial charge < -0.3 is 14.5 Å². The summed E-state index contributed by atoms with van der Waals surface area (Å²) in [6.07, 6.45) is 0. The summed E-state index contributed by atoms with van der Waals surface area (Å²) in [5.74, 6) is -9.78. The van der Waals surface area contributed by atoms with E-state index in [4.69, 9.17) is 51.1 Å². The SMILES string of the molecule is [B]C1C(=O)N([B])C(=O)C(N2Cc3cc(CN([B])C(=O)C(F)(F)c4ccc(Cl)cc4)ccc3C2=O)C1([B])[B]. The molecule has 4 amide bonds. The standard InChI is InChI=1S/C22H13B5ClF2N3O4/c23-15-18(35)33(27)19(36)16(21(15,24)25)31-9-11-7-10(1-6-14(11)17(31)34)8-32(26)20(37)22(29,30)12-2-4-13(28)5-3-12/h1-7,15-16H,8-9H2. The monoisotopic (exact) mass is 511 g/mol. The van der Waals surface area contributed by atoms with Gasteiger partial charge >= 0.3 is 5.92 Å². The molecule has 1 fully saturated rings. The van der Waals surface area contributed by atoms with E-state index in [-0.39, 0.29) is 21.9 Å². The van der Waals surface area contributed by atoms with Crippen LogP contribution in [0.15, 0.2) is 42.5 Å². The molecule has 2 unspecified atom stereocenters. The first-order valence-corrected chi connectivity index (χ1v) is 11.1. The summed E-state index contributed by atoms with van der Waals surface area (Å²) < 4.78 is 29.4. The molecule has 2 aromatic carbocycles. The predicted molar refractivity (Wildman–Crippen MR) is 133 cm³/mol. The Balaban J connectivity index is 1.54. The van der Waals surface area contributed by atoms with Gasteiger partial charge in [0.2, 0.25) is 27.8 Å². The molecule has 0 aliphatic carbocycles. The van der Waals surface area contributed by atoms with Gasteiger partial charge in [0.1, 0.15) is 6.04 Å². The molecule has 2 atom stereocenters. The molecule has 176 valence electrons. The third kappa shape index (κ3) is 4.49. The van der Waals surface area contributed by atoms with Gasteiger partial charge in [0.15, 0.2) is 0 Å². The number of imide groups is 1. The summed E-state index contributed by atoms with van der Waals surface area (Å²) in [5.41, 5.74) is 0.292. The number of halogens is 3. The lowest BCUT2D eigenvalue weighted by atomic mass is 9.38. The summed E-state index contributed by atoms with van der Waals surface area (Å²) in [6.45, 7) is -0.595.